The van der Waals surface area contributed by atoms with E-state index in [0.717, 1.165) is 27.1 Å². The van der Waals surface area contributed by atoms with E-state index in [2.05, 4.69) is 4.98 Å². The molecule has 5 rings (SSSR count). The van der Waals surface area contributed by atoms with Gasteiger partial charge in [0.1, 0.15) is 5.15 Å². The number of thiophene rings is 1. The van der Waals surface area contributed by atoms with Gasteiger partial charge in [-0.25, -0.2) is 9.99 Å². The molecule has 3 heterocycles. The number of halogens is 2. The first-order chi connectivity index (χ1) is 14.6. The van der Waals surface area contributed by atoms with E-state index in [1.807, 2.05) is 47.8 Å². The van der Waals surface area contributed by atoms with E-state index in [1.165, 1.54) is 5.01 Å². The van der Waals surface area contributed by atoms with E-state index in [-0.39, 0.29) is 11.9 Å². The molecule has 0 saturated carbocycles. The van der Waals surface area contributed by atoms with E-state index in [0.29, 0.717) is 22.2 Å². The second kappa shape index (κ2) is 7.84. The summed E-state index contributed by atoms with van der Waals surface area (Å²) in [6.07, 6.45) is 0.552. The van der Waals surface area contributed by atoms with Crippen LogP contribution >= 0.6 is 34.5 Å². The zero-order chi connectivity index (χ0) is 20.7. The van der Waals surface area contributed by atoms with Crippen LogP contribution in [0.15, 0.2) is 77.2 Å². The van der Waals surface area contributed by atoms with Gasteiger partial charge in [-0.05, 0) is 35.7 Å². The number of hydrogen-bond acceptors (Lipinski definition) is 4. The molecule has 0 aliphatic carbocycles. The summed E-state index contributed by atoms with van der Waals surface area (Å²) in [5.74, 6) is -0.263. The van der Waals surface area contributed by atoms with Crippen molar-refractivity contribution >= 4 is 57.1 Å². The smallest absolute Gasteiger partial charge is 0.267 e. The highest BCUT2D eigenvalue weighted by atomic mass is 35.5. The summed E-state index contributed by atoms with van der Waals surface area (Å²) >= 11 is 14.5. The highest BCUT2D eigenvalue weighted by Crippen LogP contribution is 2.39. The van der Waals surface area contributed by atoms with Gasteiger partial charge < -0.3 is 0 Å². The maximum absolute atomic E-state index is 13.4. The third kappa shape index (κ3) is 3.39. The number of aromatic nitrogens is 1. The van der Waals surface area contributed by atoms with Crippen molar-refractivity contribution in [2.75, 3.05) is 0 Å². The zero-order valence-electron chi connectivity index (χ0n) is 15.6. The van der Waals surface area contributed by atoms with Crippen LogP contribution < -0.4 is 0 Å². The van der Waals surface area contributed by atoms with Crippen molar-refractivity contribution in [2.45, 2.75) is 12.5 Å². The minimum absolute atomic E-state index is 0.263. The van der Waals surface area contributed by atoms with Gasteiger partial charge in [0.2, 0.25) is 0 Å². The third-order valence-electron chi connectivity index (χ3n) is 5.09. The second-order valence-electron chi connectivity index (χ2n) is 6.93. The quantitative estimate of drug-likeness (QED) is 0.329. The average molecular weight is 452 g/mol. The van der Waals surface area contributed by atoms with Crippen LogP contribution in [-0.2, 0) is 0 Å². The fourth-order valence-corrected chi connectivity index (χ4v) is 4.84. The maximum atomic E-state index is 13.4. The predicted octanol–water partition coefficient (Wildman–Crippen LogP) is 6.59. The molecule has 30 heavy (non-hydrogen) atoms. The maximum Gasteiger partial charge on any atom is 0.276 e. The molecule has 0 saturated heterocycles. The number of carbonyl (C=O) groups excluding carboxylic acids is 1. The van der Waals surface area contributed by atoms with Crippen LogP contribution in [0.25, 0.3) is 10.9 Å². The topological polar surface area (TPSA) is 45.6 Å². The first-order valence-electron chi connectivity index (χ1n) is 9.36. The van der Waals surface area contributed by atoms with Gasteiger partial charge in [-0.2, -0.15) is 5.10 Å². The normalized spacial score (nSPS) is 16.1. The van der Waals surface area contributed by atoms with Crippen LogP contribution in [0.2, 0.25) is 10.2 Å². The minimum atomic E-state index is -0.365. The highest BCUT2D eigenvalue weighted by Gasteiger charge is 2.36. The van der Waals surface area contributed by atoms with Crippen LogP contribution in [0, 0.1) is 0 Å². The Bertz CT molecular complexity index is 1290. The zero-order valence-corrected chi connectivity index (χ0v) is 18.0. The first-order valence-corrected chi connectivity index (χ1v) is 11.0. The SMILES string of the molecule is O=C(c1ccccc1Cl)N1N=C(c2cccs2)C[C@H]1c1cc2ccccc2nc1Cl. The van der Waals surface area contributed by atoms with Gasteiger partial charge in [0.15, 0.2) is 0 Å². The standard InChI is InChI=1S/C23H15Cl2N3OS/c24-17-8-3-2-7-15(17)23(29)28-20(13-19(27-28)21-10-5-11-30-21)16-12-14-6-1-4-9-18(14)26-22(16)25/h1-12,20H,13H2/t20-/m0/s1. The Morgan fingerprint density at radius 2 is 1.83 bits per heavy atom. The van der Waals surface area contributed by atoms with Crippen LogP contribution in [0.1, 0.15) is 33.3 Å². The van der Waals surface area contributed by atoms with Crippen molar-refractivity contribution in [1.82, 2.24) is 9.99 Å². The molecule has 0 spiro atoms. The molecule has 0 N–H and O–H groups in total. The van der Waals surface area contributed by atoms with Crippen LogP contribution in [0.4, 0.5) is 0 Å². The van der Waals surface area contributed by atoms with Gasteiger partial charge in [-0.3, -0.25) is 4.79 Å². The number of rotatable bonds is 3. The van der Waals surface area contributed by atoms with Crippen molar-refractivity contribution in [3.63, 3.8) is 0 Å². The Balaban J connectivity index is 1.62. The third-order valence-corrected chi connectivity index (χ3v) is 6.64. The van der Waals surface area contributed by atoms with Crippen LogP contribution in [0.3, 0.4) is 0 Å². The molecule has 1 amide bonds. The number of fused-ring (bicyclic) bond motifs is 1. The first kappa shape index (κ1) is 19.2. The lowest BCUT2D eigenvalue weighted by Gasteiger charge is -2.23. The van der Waals surface area contributed by atoms with E-state index >= 15 is 0 Å². The van der Waals surface area contributed by atoms with Gasteiger partial charge in [-0.15, -0.1) is 11.3 Å². The Morgan fingerprint density at radius 1 is 1.03 bits per heavy atom. The number of nitrogens with zero attached hydrogens (tertiary/aromatic N) is 3. The predicted molar refractivity (Wildman–Crippen MR) is 123 cm³/mol. The highest BCUT2D eigenvalue weighted by molar-refractivity contribution is 7.12. The summed E-state index contributed by atoms with van der Waals surface area (Å²) in [6.45, 7) is 0. The number of benzene rings is 2. The molecule has 148 valence electrons. The Hall–Kier alpha value is -2.73. The lowest BCUT2D eigenvalue weighted by Crippen LogP contribution is -2.27. The fourth-order valence-electron chi connectivity index (χ4n) is 3.63. The summed E-state index contributed by atoms with van der Waals surface area (Å²) in [6, 6.07) is 20.4. The molecule has 1 atom stereocenters. The summed E-state index contributed by atoms with van der Waals surface area (Å²) in [4.78, 5) is 19.0. The molecule has 0 unspecified atom stereocenters. The van der Waals surface area contributed by atoms with Crippen molar-refractivity contribution in [3.8, 4) is 0 Å². The number of amides is 1. The fraction of sp³-hybridized carbons (Fsp3) is 0.0870. The lowest BCUT2D eigenvalue weighted by atomic mass is 10.0. The van der Waals surface area contributed by atoms with Gasteiger partial charge in [0.25, 0.3) is 5.91 Å². The monoisotopic (exact) mass is 451 g/mol. The summed E-state index contributed by atoms with van der Waals surface area (Å²) in [5.41, 5.74) is 2.84. The molecule has 1 aliphatic heterocycles. The van der Waals surface area contributed by atoms with Crippen molar-refractivity contribution in [2.24, 2.45) is 5.10 Å². The summed E-state index contributed by atoms with van der Waals surface area (Å²) in [7, 11) is 0. The number of pyridine rings is 1. The Morgan fingerprint density at radius 3 is 2.63 bits per heavy atom. The molecular formula is C23H15Cl2N3OS. The number of hydrogen-bond donors (Lipinski definition) is 0. The van der Waals surface area contributed by atoms with Crippen LogP contribution in [-0.4, -0.2) is 21.6 Å². The molecule has 4 nitrogen and oxygen atoms in total. The van der Waals surface area contributed by atoms with E-state index in [4.69, 9.17) is 28.3 Å². The summed E-state index contributed by atoms with van der Waals surface area (Å²) in [5, 5.41) is 9.91. The Labute approximate surface area is 187 Å². The molecular weight excluding hydrogens is 437 g/mol. The van der Waals surface area contributed by atoms with Gasteiger partial charge in [0, 0.05) is 17.4 Å². The van der Waals surface area contributed by atoms with Crippen LogP contribution in [0.5, 0.6) is 0 Å². The van der Waals surface area contributed by atoms with Gasteiger partial charge in [-0.1, -0.05) is 59.6 Å². The number of para-hydroxylation sites is 1. The second-order valence-corrected chi connectivity index (χ2v) is 8.65. The van der Waals surface area contributed by atoms with Crippen molar-refractivity contribution in [3.05, 3.63) is 98.3 Å². The molecule has 2 aromatic carbocycles. The molecule has 0 radical (unpaired) electrons. The number of hydrazone groups is 1. The molecule has 1 aliphatic rings. The van der Waals surface area contributed by atoms with E-state index < -0.39 is 0 Å². The molecule has 0 fully saturated rings. The van der Waals surface area contributed by atoms with Crippen molar-refractivity contribution in [1.29, 1.82) is 0 Å². The average Bonchev–Trinajstić information content (AvgIpc) is 3.43. The van der Waals surface area contributed by atoms with Gasteiger partial charge in [0.05, 0.1) is 32.7 Å². The molecule has 0 bridgehead atoms. The summed E-state index contributed by atoms with van der Waals surface area (Å²) < 4.78 is 0. The molecule has 4 aromatic rings. The Kier molecular flexibility index (Phi) is 5.03. The van der Waals surface area contributed by atoms with E-state index in [1.54, 1.807) is 35.6 Å². The molecule has 7 heteroatoms. The van der Waals surface area contributed by atoms with E-state index in [9.17, 15) is 4.79 Å². The van der Waals surface area contributed by atoms with Crippen molar-refractivity contribution < 1.29 is 4.79 Å². The molecule has 2 aromatic heterocycles. The largest absolute Gasteiger partial charge is 0.276 e. The number of carbonyl (C=O) groups is 1. The lowest BCUT2D eigenvalue weighted by molar-refractivity contribution is 0.0711. The minimum Gasteiger partial charge on any atom is -0.267 e. The van der Waals surface area contributed by atoms with Gasteiger partial charge >= 0.3 is 0 Å².